The summed E-state index contributed by atoms with van der Waals surface area (Å²) < 4.78 is 1.39. The van der Waals surface area contributed by atoms with Crippen LogP contribution in [-0.4, -0.2) is 31.2 Å². The molecule has 17 heavy (non-hydrogen) atoms. The molecule has 0 aliphatic rings. The van der Waals surface area contributed by atoms with Gasteiger partial charge in [0.1, 0.15) is 5.52 Å². The summed E-state index contributed by atoms with van der Waals surface area (Å²) in [5.41, 5.74) is 6.93. The summed E-state index contributed by atoms with van der Waals surface area (Å²) in [6, 6.07) is 0. The van der Waals surface area contributed by atoms with Crippen LogP contribution in [0, 0.1) is 0 Å². The average Bonchev–Trinajstić information content (AvgIpc) is 2.77. The van der Waals surface area contributed by atoms with Crippen molar-refractivity contribution < 1.29 is 5.11 Å². The highest BCUT2D eigenvalue weighted by Gasteiger charge is 2.09. The van der Waals surface area contributed by atoms with Crippen LogP contribution >= 0.6 is 0 Å². The molecule has 0 spiro atoms. The van der Waals surface area contributed by atoms with Crippen LogP contribution in [0.4, 0.5) is 5.82 Å². The summed E-state index contributed by atoms with van der Waals surface area (Å²) in [5, 5.41) is 8.89. The lowest BCUT2D eigenvalue weighted by Gasteiger charge is -2.04. The lowest BCUT2D eigenvalue weighted by atomic mass is 10.3. The molecule has 0 aliphatic heterocycles. The number of fused-ring (bicyclic) bond motifs is 1. The second-order valence-corrected chi connectivity index (χ2v) is 3.70. The Bertz CT molecular complexity index is 625. The van der Waals surface area contributed by atoms with Gasteiger partial charge in [-0.3, -0.25) is 4.57 Å². The van der Waals surface area contributed by atoms with Crippen molar-refractivity contribution in [2.75, 3.05) is 12.3 Å². The number of nitrogens with one attached hydrogen (secondary N) is 1. The molecule has 7 nitrogen and oxygen atoms in total. The van der Waals surface area contributed by atoms with Crippen LogP contribution < -0.4 is 11.4 Å². The number of nitrogens with two attached hydrogens (primary N) is 1. The Morgan fingerprint density at radius 2 is 2.47 bits per heavy atom. The number of hydrogen-bond donors (Lipinski definition) is 3. The maximum atomic E-state index is 11.7. The van der Waals surface area contributed by atoms with Crippen LogP contribution in [0.3, 0.4) is 0 Å². The van der Waals surface area contributed by atoms with Crippen molar-refractivity contribution in [3.05, 3.63) is 28.5 Å². The first-order valence-electron chi connectivity index (χ1n) is 5.09. The maximum absolute atomic E-state index is 11.7. The van der Waals surface area contributed by atoms with Crippen LogP contribution in [0.15, 0.2) is 22.8 Å². The average molecular weight is 235 g/mol. The number of aliphatic hydroxyl groups is 1. The number of aliphatic hydroxyl groups excluding tert-OH is 1. The molecule has 2 aromatic rings. The standard InChI is InChI=1S/C10H13N5O2/c1-6(4-16)2-3-15-9-7(12-5-13-9)8(11)14-10(15)17/h2,5,16H,3-4H2,1H3,(H,12,13)(H2,11,14,17)/b6-2-. The Labute approximate surface area is 96.6 Å². The van der Waals surface area contributed by atoms with Crippen molar-refractivity contribution >= 4 is 17.0 Å². The van der Waals surface area contributed by atoms with Crippen molar-refractivity contribution in [1.82, 2.24) is 19.5 Å². The van der Waals surface area contributed by atoms with Crippen molar-refractivity contribution in [2.45, 2.75) is 13.5 Å². The largest absolute Gasteiger partial charge is 0.392 e. The zero-order valence-electron chi connectivity index (χ0n) is 9.34. The third kappa shape index (κ3) is 2.04. The highest BCUT2D eigenvalue weighted by atomic mass is 16.3. The molecule has 0 atom stereocenters. The number of anilines is 1. The molecule has 2 heterocycles. The number of imidazole rings is 1. The minimum absolute atomic E-state index is 0.0408. The van der Waals surface area contributed by atoms with Gasteiger partial charge in [-0.1, -0.05) is 11.6 Å². The lowest BCUT2D eigenvalue weighted by Crippen LogP contribution is -2.24. The number of nitrogens with zero attached hydrogens (tertiary/aromatic N) is 3. The Kier molecular flexibility index (Phi) is 2.92. The molecule has 0 amide bonds. The van der Waals surface area contributed by atoms with Crippen LogP contribution in [0.25, 0.3) is 11.2 Å². The first kappa shape index (κ1) is 11.3. The van der Waals surface area contributed by atoms with Gasteiger partial charge in [0.25, 0.3) is 0 Å². The molecule has 0 saturated heterocycles. The molecule has 90 valence electrons. The van der Waals surface area contributed by atoms with Gasteiger partial charge in [0.15, 0.2) is 11.5 Å². The second-order valence-electron chi connectivity index (χ2n) is 3.70. The molecule has 0 radical (unpaired) electrons. The summed E-state index contributed by atoms with van der Waals surface area (Å²) in [5.74, 6) is 0.140. The Balaban J connectivity index is 2.53. The van der Waals surface area contributed by atoms with Crippen molar-refractivity contribution in [2.24, 2.45) is 0 Å². The molecule has 0 bridgehead atoms. The van der Waals surface area contributed by atoms with E-state index >= 15 is 0 Å². The van der Waals surface area contributed by atoms with Gasteiger partial charge in [0, 0.05) is 6.54 Å². The second kappa shape index (κ2) is 4.38. The highest BCUT2D eigenvalue weighted by Crippen LogP contribution is 2.11. The van der Waals surface area contributed by atoms with Gasteiger partial charge in [-0.2, -0.15) is 4.98 Å². The highest BCUT2D eigenvalue weighted by molar-refractivity contribution is 5.80. The van der Waals surface area contributed by atoms with E-state index in [0.717, 1.165) is 5.57 Å². The first-order chi connectivity index (χ1) is 8.13. The number of aromatic amines is 1. The fourth-order valence-corrected chi connectivity index (χ4v) is 1.47. The quantitative estimate of drug-likeness (QED) is 0.629. The number of rotatable bonds is 3. The third-order valence-corrected chi connectivity index (χ3v) is 2.45. The van der Waals surface area contributed by atoms with E-state index in [-0.39, 0.29) is 12.4 Å². The topological polar surface area (TPSA) is 110 Å². The smallest absolute Gasteiger partial charge is 0.351 e. The molecule has 0 saturated carbocycles. The predicted octanol–water partition coefficient (Wildman–Crippen LogP) is -0.360. The van der Waals surface area contributed by atoms with Gasteiger partial charge in [0.05, 0.1) is 12.9 Å². The SMILES string of the molecule is C/C(=C/Cn1c(=O)nc(N)c2[nH]cnc21)CO. The Morgan fingerprint density at radius 1 is 1.71 bits per heavy atom. The monoisotopic (exact) mass is 235 g/mol. The normalized spacial score (nSPS) is 12.2. The molecule has 2 aromatic heterocycles. The number of allylic oxidation sites excluding steroid dienone is 1. The van der Waals surface area contributed by atoms with E-state index in [1.807, 2.05) is 0 Å². The van der Waals surface area contributed by atoms with E-state index in [0.29, 0.717) is 17.7 Å². The molecule has 0 aromatic carbocycles. The van der Waals surface area contributed by atoms with Crippen molar-refractivity contribution in [1.29, 1.82) is 0 Å². The number of H-pyrrole nitrogens is 1. The number of hydrogen-bond acceptors (Lipinski definition) is 5. The zero-order valence-corrected chi connectivity index (χ0v) is 9.34. The molecule has 4 N–H and O–H groups in total. The minimum Gasteiger partial charge on any atom is -0.392 e. The van der Waals surface area contributed by atoms with Gasteiger partial charge in [0.2, 0.25) is 0 Å². The van der Waals surface area contributed by atoms with Crippen molar-refractivity contribution in [3.8, 4) is 0 Å². The fourth-order valence-electron chi connectivity index (χ4n) is 1.47. The molecule has 0 fully saturated rings. The number of nitrogen functional groups attached to an aromatic ring is 1. The van der Waals surface area contributed by atoms with E-state index in [2.05, 4.69) is 15.0 Å². The zero-order chi connectivity index (χ0) is 12.4. The lowest BCUT2D eigenvalue weighted by molar-refractivity contribution is 0.330. The predicted molar refractivity (Wildman–Crippen MR) is 63.4 cm³/mol. The van der Waals surface area contributed by atoms with Crippen LogP contribution in [-0.2, 0) is 6.54 Å². The Hall–Kier alpha value is -2.15. The summed E-state index contributed by atoms with van der Waals surface area (Å²) in [6.07, 6.45) is 3.20. The third-order valence-electron chi connectivity index (χ3n) is 2.45. The van der Waals surface area contributed by atoms with Gasteiger partial charge in [-0.25, -0.2) is 9.78 Å². The van der Waals surface area contributed by atoms with Gasteiger partial charge < -0.3 is 15.8 Å². The minimum atomic E-state index is -0.455. The molecule has 7 heteroatoms. The molecular weight excluding hydrogens is 222 g/mol. The van der Waals surface area contributed by atoms with E-state index in [9.17, 15) is 4.79 Å². The summed E-state index contributed by atoms with van der Waals surface area (Å²) in [6.45, 7) is 2.04. The van der Waals surface area contributed by atoms with Crippen LogP contribution in [0.5, 0.6) is 0 Å². The molecule has 2 rings (SSSR count). The molecular formula is C10H13N5O2. The summed E-state index contributed by atoms with van der Waals surface area (Å²) in [7, 11) is 0. The van der Waals surface area contributed by atoms with Crippen LogP contribution in [0.2, 0.25) is 0 Å². The molecule has 0 aliphatic carbocycles. The molecule has 0 unspecified atom stereocenters. The number of aromatic nitrogens is 4. The van der Waals surface area contributed by atoms with E-state index in [4.69, 9.17) is 10.8 Å². The van der Waals surface area contributed by atoms with E-state index in [1.54, 1.807) is 13.0 Å². The van der Waals surface area contributed by atoms with Gasteiger partial charge in [-0.15, -0.1) is 0 Å². The summed E-state index contributed by atoms with van der Waals surface area (Å²) >= 11 is 0. The van der Waals surface area contributed by atoms with Crippen molar-refractivity contribution in [3.63, 3.8) is 0 Å². The Morgan fingerprint density at radius 3 is 3.18 bits per heavy atom. The van der Waals surface area contributed by atoms with Gasteiger partial charge >= 0.3 is 5.69 Å². The van der Waals surface area contributed by atoms with Gasteiger partial charge in [-0.05, 0) is 6.92 Å². The summed E-state index contributed by atoms with van der Waals surface area (Å²) in [4.78, 5) is 22.2. The van der Waals surface area contributed by atoms with Crippen LogP contribution in [0.1, 0.15) is 6.92 Å². The maximum Gasteiger partial charge on any atom is 0.351 e. The fraction of sp³-hybridized carbons (Fsp3) is 0.300. The van der Waals surface area contributed by atoms with E-state index < -0.39 is 5.69 Å². The first-order valence-corrected chi connectivity index (χ1v) is 5.09. The van der Waals surface area contributed by atoms with E-state index in [1.165, 1.54) is 10.9 Å².